The van der Waals surface area contributed by atoms with Crippen LogP contribution in [0.2, 0.25) is 0 Å². The minimum absolute atomic E-state index is 0.161. The normalized spacial score (nSPS) is 11.8. The summed E-state index contributed by atoms with van der Waals surface area (Å²) in [6.45, 7) is 0. The number of carbonyl (C=O) groups is 1. The number of rotatable bonds is 8. The molecule has 0 fully saturated rings. The van der Waals surface area contributed by atoms with Crippen molar-refractivity contribution in [3.8, 4) is 17.1 Å². The lowest BCUT2D eigenvalue weighted by Gasteiger charge is -2.19. The minimum atomic E-state index is -0.424. The Labute approximate surface area is 184 Å². The standard InChI is InChI=1S/C24H23FN4O3/c1-29-14-13-26-24(29)23(16-7-9-17(31-2)10-8-16)28-21(30)11-12-22-27-15-20(32-22)18-5-3-4-6-19(18)25/h3-10,13-15,23H,11-12H2,1-2H3,(H,28,30). The second kappa shape index (κ2) is 9.47. The van der Waals surface area contributed by atoms with Gasteiger partial charge in [-0.3, -0.25) is 4.79 Å². The highest BCUT2D eigenvalue weighted by atomic mass is 19.1. The zero-order valence-electron chi connectivity index (χ0n) is 17.8. The van der Waals surface area contributed by atoms with Crippen molar-refractivity contribution >= 4 is 5.91 Å². The summed E-state index contributed by atoms with van der Waals surface area (Å²) in [5.74, 6) is 1.58. The van der Waals surface area contributed by atoms with Gasteiger partial charge in [0.05, 0.1) is 18.9 Å². The summed E-state index contributed by atoms with van der Waals surface area (Å²) in [7, 11) is 3.48. The lowest BCUT2D eigenvalue weighted by Crippen LogP contribution is -2.31. The van der Waals surface area contributed by atoms with E-state index >= 15 is 0 Å². The van der Waals surface area contributed by atoms with E-state index in [4.69, 9.17) is 9.15 Å². The van der Waals surface area contributed by atoms with Crippen molar-refractivity contribution in [3.63, 3.8) is 0 Å². The quantitative estimate of drug-likeness (QED) is 0.452. The average molecular weight is 434 g/mol. The summed E-state index contributed by atoms with van der Waals surface area (Å²) in [4.78, 5) is 21.3. The van der Waals surface area contributed by atoms with Crippen molar-refractivity contribution < 1.29 is 18.3 Å². The van der Waals surface area contributed by atoms with Crippen LogP contribution in [0.3, 0.4) is 0 Å². The van der Waals surface area contributed by atoms with Gasteiger partial charge in [-0.25, -0.2) is 14.4 Å². The number of halogens is 1. The van der Waals surface area contributed by atoms with E-state index in [2.05, 4.69) is 15.3 Å². The van der Waals surface area contributed by atoms with Crippen molar-refractivity contribution in [2.24, 2.45) is 7.05 Å². The number of nitrogens with zero attached hydrogens (tertiary/aromatic N) is 3. The Morgan fingerprint density at radius 2 is 1.97 bits per heavy atom. The fourth-order valence-corrected chi connectivity index (χ4v) is 3.41. The van der Waals surface area contributed by atoms with Crippen LogP contribution >= 0.6 is 0 Å². The van der Waals surface area contributed by atoms with Gasteiger partial charge in [-0.15, -0.1) is 0 Å². The predicted octanol–water partition coefficient (Wildman–Crippen LogP) is 4.06. The van der Waals surface area contributed by atoms with Crippen LogP contribution in [0.15, 0.2) is 71.5 Å². The second-order valence-electron chi connectivity index (χ2n) is 7.27. The smallest absolute Gasteiger partial charge is 0.221 e. The maximum absolute atomic E-state index is 14.0. The molecule has 0 aliphatic rings. The zero-order chi connectivity index (χ0) is 22.5. The van der Waals surface area contributed by atoms with Gasteiger partial charge in [-0.05, 0) is 29.8 Å². The molecular weight excluding hydrogens is 411 g/mol. The SMILES string of the molecule is COc1ccc(C(NC(=O)CCc2ncc(-c3ccccc3F)o2)c2nccn2C)cc1. The van der Waals surface area contributed by atoms with E-state index in [1.165, 1.54) is 12.3 Å². The molecule has 0 saturated carbocycles. The number of hydrogen-bond acceptors (Lipinski definition) is 5. The van der Waals surface area contributed by atoms with Gasteiger partial charge in [0.1, 0.15) is 23.4 Å². The Kier molecular flexibility index (Phi) is 6.30. The van der Waals surface area contributed by atoms with E-state index in [-0.39, 0.29) is 24.6 Å². The van der Waals surface area contributed by atoms with E-state index in [9.17, 15) is 9.18 Å². The molecule has 1 atom stereocenters. The van der Waals surface area contributed by atoms with Crippen molar-refractivity contribution in [2.75, 3.05) is 7.11 Å². The first-order chi connectivity index (χ1) is 15.5. The maximum atomic E-state index is 14.0. The molecule has 0 saturated heterocycles. The van der Waals surface area contributed by atoms with Gasteiger partial charge in [-0.1, -0.05) is 24.3 Å². The number of aromatic nitrogens is 3. The number of oxazole rings is 1. The molecule has 1 amide bonds. The molecule has 4 aromatic rings. The second-order valence-corrected chi connectivity index (χ2v) is 7.27. The summed E-state index contributed by atoms with van der Waals surface area (Å²) in [5.41, 5.74) is 1.22. The minimum Gasteiger partial charge on any atom is -0.497 e. The molecule has 1 N–H and O–H groups in total. The maximum Gasteiger partial charge on any atom is 0.221 e. The summed E-state index contributed by atoms with van der Waals surface area (Å²) >= 11 is 0. The molecule has 0 bridgehead atoms. The fraction of sp³-hybridized carbons (Fsp3) is 0.208. The van der Waals surface area contributed by atoms with Crippen molar-refractivity contribution in [3.05, 3.63) is 90.2 Å². The van der Waals surface area contributed by atoms with E-state index in [1.807, 2.05) is 42.1 Å². The molecule has 2 aromatic heterocycles. The number of ether oxygens (including phenoxy) is 1. The number of hydrogen-bond donors (Lipinski definition) is 1. The third kappa shape index (κ3) is 4.69. The molecule has 164 valence electrons. The lowest BCUT2D eigenvalue weighted by molar-refractivity contribution is -0.121. The summed E-state index contributed by atoms with van der Waals surface area (Å²) in [6.07, 6.45) is 5.44. The van der Waals surface area contributed by atoms with E-state index in [0.29, 0.717) is 23.0 Å². The molecule has 1 unspecified atom stereocenters. The lowest BCUT2D eigenvalue weighted by atomic mass is 10.1. The summed E-state index contributed by atoms with van der Waals surface area (Å²) in [5, 5.41) is 3.04. The number of benzene rings is 2. The molecular formula is C24H23FN4O3. The highest BCUT2D eigenvalue weighted by molar-refractivity contribution is 5.77. The molecule has 0 spiro atoms. The highest BCUT2D eigenvalue weighted by Gasteiger charge is 2.21. The van der Waals surface area contributed by atoms with E-state index in [0.717, 1.165) is 11.3 Å². The largest absolute Gasteiger partial charge is 0.497 e. The Morgan fingerprint density at radius 1 is 1.19 bits per heavy atom. The number of imidazole rings is 1. The average Bonchev–Trinajstić information content (AvgIpc) is 3.45. The van der Waals surface area contributed by atoms with Gasteiger partial charge in [0.15, 0.2) is 11.7 Å². The number of methoxy groups -OCH3 is 1. The van der Waals surface area contributed by atoms with Crippen LogP contribution in [0.1, 0.15) is 29.7 Å². The molecule has 32 heavy (non-hydrogen) atoms. The third-order valence-electron chi connectivity index (χ3n) is 5.13. The van der Waals surface area contributed by atoms with Crippen LogP contribution in [0.4, 0.5) is 4.39 Å². The van der Waals surface area contributed by atoms with Crippen LogP contribution in [0.5, 0.6) is 5.75 Å². The number of aryl methyl sites for hydroxylation is 2. The Morgan fingerprint density at radius 3 is 2.66 bits per heavy atom. The monoisotopic (exact) mass is 434 g/mol. The molecule has 2 heterocycles. The Balaban J connectivity index is 1.45. The molecule has 2 aromatic carbocycles. The first kappa shape index (κ1) is 21.3. The van der Waals surface area contributed by atoms with Gasteiger partial charge in [0, 0.05) is 32.3 Å². The zero-order valence-corrected chi connectivity index (χ0v) is 17.8. The van der Waals surface area contributed by atoms with Crippen LogP contribution in [-0.2, 0) is 18.3 Å². The van der Waals surface area contributed by atoms with Crippen LogP contribution in [0.25, 0.3) is 11.3 Å². The highest BCUT2D eigenvalue weighted by Crippen LogP contribution is 2.25. The van der Waals surface area contributed by atoms with Crippen molar-refractivity contribution in [1.82, 2.24) is 19.9 Å². The first-order valence-corrected chi connectivity index (χ1v) is 10.2. The van der Waals surface area contributed by atoms with Crippen LogP contribution in [-0.4, -0.2) is 27.6 Å². The van der Waals surface area contributed by atoms with Crippen LogP contribution in [0, 0.1) is 5.82 Å². The molecule has 0 radical (unpaired) electrons. The topological polar surface area (TPSA) is 82.2 Å². The van der Waals surface area contributed by atoms with Crippen molar-refractivity contribution in [2.45, 2.75) is 18.9 Å². The first-order valence-electron chi connectivity index (χ1n) is 10.2. The fourth-order valence-electron chi connectivity index (χ4n) is 3.41. The molecule has 0 aliphatic carbocycles. The molecule has 4 rings (SSSR count). The third-order valence-corrected chi connectivity index (χ3v) is 5.13. The Hall–Kier alpha value is -3.94. The number of carbonyl (C=O) groups excluding carboxylic acids is 1. The molecule has 8 heteroatoms. The molecule has 0 aliphatic heterocycles. The van der Waals surface area contributed by atoms with Gasteiger partial charge in [-0.2, -0.15) is 0 Å². The summed E-state index contributed by atoms with van der Waals surface area (Å²) < 4.78 is 26.7. The predicted molar refractivity (Wildman–Crippen MR) is 116 cm³/mol. The van der Waals surface area contributed by atoms with E-state index < -0.39 is 6.04 Å². The number of nitrogens with one attached hydrogen (secondary N) is 1. The van der Waals surface area contributed by atoms with Gasteiger partial charge in [0.25, 0.3) is 0 Å². The van der Waals surface area contributed by atoms with Crippen LogP contribution < -0.4 is 10.1 Å². The Bertz CT molecular complexity index is 1200. The van der Waals surface area contributed by atoms with Gasteiger partial charge in [0.2, 0.25) is 5.91 Å². The van der Waals surface area contributed by atoms with Gasteiger partial charge >= 0.3 is 0 Å². The van der Waals surface area contributed by atoms with Crippen molar-refractivity contribution in [1.29, 1.82) is 0 Å². The van der Waals surface area contributed by atoms with E-state index in [1.54, 1.807) is 31.5 Å². The number of amides is 1. The van der Waals surface area contributed by atoms with Gasteiger partial charge < -0.3 is 19.0 Å². The summed E-state index contributed by atoms with van der Waals surface area (Å²) in [6, 6.07) is 13.4. The molecule has 7 nitrogen and oxygen atoms in total.